The number of carboxylic acids is 1. The summed E-state index contributed by atoms with van der Waals surface area (Å²) in [6.45, 7) is 3.49. The number of hydrogen-bond donors (Lipinski definition) is 2. The smallest absolute Gasteiger partial charge is 0.300 e. The molecule has 2 rings (SSSR count). The summed E-state index contributed by atoms with van der Waals surface area (Å²) in [5, 5.41) is 16.7. The van der Waals surface area contributed by atoms with Gasteiger partial charge in [-0.15, -0.1) is 0 Å². The van der Waals surface area contributed by atoms with E-state index in [9.17, 15) is 5.11 Å². The number of rotatable bonds is 3. The number of aliphatic carboxylic acids is 1. The molecular formula is C15H23NO3. The number of piperidine rings is 1. The molecule has 0 amide bonds. The molecule has 19 heavy (non-hydrogen) atoms. The molecule has 1 fully saturated rings. The Morgan fingerprint density at radius 2 is 1.95 bits per heavy atom. The monoisotopic (exact) mass is 265 g/mol. The van der Waals surface area contributed by atoms with Crippen LogP contribution in [0.3, 0.4) is 0 Å². The fraction of sp³-hybridized carbons (Fsp3) is 0.533. The molecule has 1 unspecified atom stereocenters. The van der Waals surface area contributed by atoms with Crippen LogP contribution in [-0.4, -0.2) is 40.3 Å². The lowest BCUT2D eigenvalue weighted by molar-refractivity contribution is -0.134. The first-order valence-electron chi connectivity index (χ1n) is 6.72. The van der Waals surface area contributed by atoms with Gasteiger partial charge >= 0.3 is 0 Å². The van der Waals surface area contributed by atoms with Crippen molar-refractivity contribution < 1.29 is 15.0 Å². The molecule has 106 valence electrons. The van der Waals surface area contributed by atoms with Crippen molar-refractivity contribution >= 4 is 5.97 Å². The summed E-state index contributed by atoms with van der Waals surface area (Å²) in [6.07, 6.45) is 3.67. The second kappa shape index (κ2) is 8.67. The van der Waals surface area contributed by atoms with E-state index in [0.717, 1.165) is 26.4 Å². The Morgan fingerprint density at radius 1 is 1.32 bits per heavy atom. The molecule has 1 aromatic carbocycles. The van der Waals surface area contributed by atoms with Gasteiger partial charge in [-0.2, -0.15) is 0 Å². The minimum Gasteiger partial charge on any atom is -0.481 e. The lowest BCUT2D eigenvalue weighted by Gasteiger charge is -2.34. The second-order valence-corrected chi connectivity index (χ2v) is 4.81. The van der Waals surface area contributed by atoms with Gasteiger partial charge in [-0.1, -0.05) is 36.8 Å². The van der Waals surface area contributed by atoms with Crippen LogP contribution in [0.5, 0.6) is 0 Å². The minimum absolute atomic E-state index is 0.298. The van der Waals surface area contributed by atoms with Crippen LogP contribution in [0, 0.1) is 0 Å². The van der Waals surface area contributed by atoms with E-state index < -0.39 is 5.97 Å². The van der Waals surface area contributed by atoms with Crippen LogP contribution < -0.4 is 0 Å². The molecule has 0 radical (unpaired) electrons. The van der Waals surface area contributed by atoms with Crippen molar-refractivity contribution in [1.82, 2.24) is 4.90 Å². The molecule has 1 aliphatic heterocycles. The molecule has 1 saturated heterocycles. The van der Waals surface area contributed by atoms with Gasteiger partial charge in [-0.05, 0) is 24.9 Å². The molecule has 0 aliphatic carbocycles. The summed E-state index contributed by atoms with van der Waals surface area (Å²) in [6, 6.07) is 10.9. The maximum atomic E-state index is 9.30. The SMILES string of the molecule is CC(=O)O.OCC1CCCCN1Cc1ccccc1. The first-order chi connectivity index (χ1) is 9.13. The van der Waals surface area contributed by atoms with Gasteiger partial charge < -0.3 is 10.2 Å². The van der Waals surface area contributed by atoms with E-state index in [1.165, 1.54) is 18.4 Å². The summed E-state index contributed by atoms with van der Waals surface area (Å²) >= 11 is 0. The van der Waals surface area contributed by atoms with E-state index in [1.54, 1.807) is 0 Å². The second-order valence-electron chi connectivity index (χ2n) is 4.81. The summed E-state index contributed by atoms with van der Waals surface area (Å²) in [7, 11) is 0. The summed E-state index contributed by atoms with van der Waals surface area (Å²) < 4.78 is 0. The quantitative estimate of drug-likeness (QED) is 0.879. The van der Waals surface area contributed by atoms with E-state index >= 15 is 0 Å². The van der Waals surface area contributed by atoms with Crippen LogP contribution in [0.15, 0.2) is 30.3 Å². The Hall–Kier alpha value is -1.39. The molecule has 0 saturated carbocycles. The summed E-state index contributed by atoms with van der Waals surface area (Å²) in [5.74, 6) is -0.833. The Bertz CT molecular complexity index is 363. The average molecular weight is 265 g/mol. The van der Waals surface area contributed by atoms with Crippen LogP contribution in [-0.2, 0) is 11.3 Å². The predicted octanol–water partition coefficient (Wildman–Crippen LogP) is 2.12. The largest absolute Gasteiger partial charge is 0.481 e. The molecular weight excluding hydrogens is 242 g/mol. The molecule has 0 spiro atoms. The van der Waals surface area contributed by atoms with Crippen molar-refractivity contribution in [3.05, 3.63) is 35.9 Å². The third-order valence-electron chi connectivity index (χ3n) is 3.19. The zero-order chi connectivity index (χ0) is 14.1. The number of likely N-dealkylation sites (tertiary alicyclic amines) is 1. The van der Waals surface area contributed by atoms with Gasteiger partial charge in [0.2, 0.25) is 0 Å². The van der Waals surface area contributed by atoms with Crippen molar-refractivity contribution in [2.75, 3.05) is 13.2 Å². The zero-order valence-corrected chi connectivity index (χ0v) is 11.5. The Kier molecular flexibility index (Phi) is 7.15. The van der Waals surface area contributed by atoms with Crippen molar-refractivity contribution in [3.63, 3.8) is 0 Å². The zero-order valence-electron chi connectivity index (χ0n) is 11.5. The highest BCUT2D eigenvalue weighted by atomic mass is 16.4. The van der Waals surface area contributed by atoms with Gasteiger partial charge in [-0.3, -0.25) is 9.69 Å². The van der Waals surface area contributed by atoms with Crippen LogP contribution in [0.25, 0.3) is 0 Å². The lowest BCUT2D eigenvalue weighted by Crippen LogP contribution is -2.41. The van der Waals surface area contributed by atoms with Crippen molar-refractivity contribution in [2.45, 2.75) is 38.8 Å². The molecule has 4 nitrogen and oxygen atoms in total. The number of hydrogen-bond acceptors (Lipinski definition) is 3. The van der Waals surface area contributed by atoms with Crippen LogP contribution in [0.2, 0.25) is 0 Å². The number of benzene rings is 1. The standard InChI is InChI=1S/C13H19NO.C2H4O2/c15-11-13-8-4-5-9-14(13)10-12-6-2-1-3-7-12;1-2(3)4/h1-3,6-7,13,15H,4-5,8-11H2;1H3,(H,3,4). The van der Waals surface area contributed by atoms with Crippen LogP contribution in [0.1, 0.15) is 31.7 Å². The van der Waals surface area contributed by atoms with Crippen LogP contribution in [0.4, 0.5) is 0 Å². The Balaban J connectivity index is 0.000000399. The highest BCUT2D eigenvalue weighted by Crippen LogP contribution is 2.18. The third-order valence-corrected chi connectivity index (χ3v) is 3.19. The molecule has 1 atom stereocenters. The average Bonchev–Trinajstić information content (AvgIpc) is 2.40. The van der Waals surface area contributed by atoms with Gasteiger partial charge in [0.15, 0.2) is 0 Å². The molecule has 0 bridgehead atoms. The maximum absolute atomic E-state index is 9.30. The van der Waals surface area contributed by atoms with Crippen molar-refractivity contribution in [1.29, 1.82) is 0 Å². The van der Waals surface area contributed by atoms with Crippen LogP contribution >= 0.6 is 0 Å². The summed E-state index contributed by atoms with van der Waals surface area (Å²) in [5.41, 5.74) is 1.35. The van der Waals surface area contributed by atoms with E-state index in [1.807, 2.05) is 6.07 Å². The highest BCUT2D eigenvalue weighted by molar-refractivity contribution is 5.62. The number of nitrogens with zero attached hydrogens (tertiary/aromatic N) is 1. The Morgan fingerprint density at radius 3 is 2.53 bits per heavy atom. The topological polar surface area (TPSA) is 60.8 Å². The normalized spacial score (nSPS) is 19.4. The first kappa shape index (κ1) is 15.7. The molecule has 1 heterocycles. The van der Waals surface area contributed by atoms with E-state index in [4.69, 9.17) is 9.90 Å². The van der Waals surface area contributed by atoms with E-state index in [-0.39, 0.29) is 0 Å². The van der Waals surface area contributed by atoms with Gasteiger partial charge in [0, 0.05) is 19.5 Å². The molecule has 0 aromatic heterocycles. The molecule has 2 N–H and O–H groups in total. The van der Waals surface area contributed by atoms with Gasteiger partial charge in [0.05, 0.1) is 6.61 Å². The lowest BCUT2D eigenvalue weighted by atomic mass is 10.0. The van der Waals surface area contributed by atoms with E-state index in [0.29, 0.717) is 12.6 Å². The number of aliphatic hydroxyl groups is 1. The van der Waals surface area contributed by atoms with Gasteiger partial charge in [0.1, 0.15) is 0 Å². The summed E-state index contributed by atoms with van der Waals surface area (Å²) in [4.78, 5) is 11.4. The van der Waals surface area contributed by atoms with Gasteiger partial charge in [-0.25, -0.2) is 0 Å². The molecule has 4 heteroatoms. The fourth-order valence-electron chi connectivity index (χ4n) is 2.29. The maximum Gasteiger partial charge on any atom is 0.300 e. The van der Waals surface area contributed by atoms with E-state index in [2.05, 4.69) is 29.2 Å². The van der Waals surface area contributed by atoms with Gasteiger partial charge in [0.25, 0.3) is 5.97 Å². The number of aliphatic hydroxyl groups excluding tert-OH is 1. The predicted molar refractivity (Wildman–Crippen MR) is 74.9 cm³/mol. The van der Waals surface area contributed by atoms with Crippen molar-refractivity contribution in [3.8, 4) is 0 Å². The minimum atomic E-state index is -0.833. The molecule has 1 aromatic rings. The highest BCUT2D eigenvalue weighted by Gasteiger charge is 2.21. The first-order valence-corrected chi connectivity index (χ1v) is 6.72. The third kappa shape index (κ3) is 6.36. The fourth-order valence-corrected chi connectivity index (χ4v) is 2.29. The number of carboxylic acid groups (broad SMARTS) is 1. The Labute approximate surface area is 114 Å². The van der Waals surface area contributed by atoms with Crippen molar-refractivity contribution in [2.24, 2.45) is 0 Å². The molecule has 1 aliphatic rings. The number of carbonyl (C=O) groups is 1.